The van der Waals surface area contributed by atoms with E-state index in [1.807, 2.05) is 26.0 Å². The van der Waals surface area contributed by atoms with Crippen LogP contribution >= 0.6 is 0 Å². The fraction of sp³-hybridized carbons (Fsp3) is 0.333. The van der Waals surface area contributed by atoms with Gasteiger partial charge in [-0.2, -0.15) is 0 Å². The average Bonchev–Trinajstić information content (AvgIpc) is 3.18. The highest BCUT2D eigenvalue weighted by atomic mass is 16.5. The molecule has 1 amide bonds. The molecule has 0 spiro atoms. The van der Waals surface area contributed by atoms with Gasteiger partial charge in [0.25, 0.3) is 5.91 Å². The second kappa shape index (κ2) is 6.88. The monoisotopic (exact) mass is 345 g/mol. The number of carbonyl (C=O) groups excluding carboxylic acids is 1. The minimum Gasteiger partial charge on any atom is -0.494 e. The van der Waals surface area contributed by atoms with Crippen molar-refractivity contribution in [1.82, 2.24) is 5.32 Å². The van der Waals surface area contributed by atoms with Crippen molar-refractivity contribution in [3.63, 3.8) is 0 Å². The van der Waals surface area contributed by atoms with Crippen LogP contribution in [0.4, 0.5) is 0 Å². The van der Waals surface area contributed by atoms with Crippen LogP contribution in [0.15, 0.2) is 28.9 Å². The highest BCUT2D eigenvalue weighted by molar-refractivity contribution is 5.95. The molecule has 2 N–H and O–H groups in total. The van der Waals surface area contributed by atoms with E-state index in [-0.39, 0.29) is 24.0 Å². The fourth-order valence-corrected chi connectivity index (χ4v) is 2.74. The highest BCUT2D eigenvalue weighted by Gasteiger charge is 2.22. The van der Waals surface area contributed by atoms with Crippen molar-refractivity contribution in [2.45, 2.75) is 32.9 Å². The second-order valence-corrected chi connectivity index (χ2v) is 5.82. The standard InChI is InChI=1S/C18H19NO6/c1-3-23-14-5-11-4-10(2)25-15(11)6-12(14)8-19-17(20)16-7-13(9-24-16)18(21)22/h5-7,9-10H,3-4,8H2,1-2H3,(H,19,20)(H,21,22). The van der Waals surface area contributed by atoms with Crippen LogP contribution in [0.25, 0.3) is 0 Å². The minimum absolute atomic E-state index is 0.0543. The zero-order valence-electron chi connectivity index (χ0n) is 14.0. The van der Waals surface area contributed by atoms with Gasteiger partial charge in [-0.15, -0.1) is 0 Å². The number of nitrogens with one attached hydrogen (secondary N) is 1. The Bertz CT molecular complexity index is 810. The number of benzene rings is 1. The lowest BCUT2D eigenvalue weighted by Crippen LogP contribution is -2.22. The number of carboxylic acid groups (broad SMARTS) is 1. The smallest absolute Gasteiger partial charge is 0.338 e. The minimum atomic E-state index is -1.15. The molecule has 7 nitrogen and oxygen atoms in total. The predicted molar refractivity (Wildman–Crippen MR) is 88.2 cm³/mol. The Hall–Kier alpha value is -2.96. The lowest BCUT2D eigenvalue weighted by atomic mass is 10.1. The summed E-state index contributed by atoms with van der Waals surface area (Å²) in [5.41, 5.74) is 1.80. The van der Waals surface area contributed by atoms with E-state index in [0.717, 1.165) is 29.6 Å². The third-order valence-corrected chi connectivity index (χ3v) is 3.89. The maximum Gasteiger partial charge on any atom is 0.338 e. The molecule has 0 saturated carbocycles. The number of rotatable bonds is 6. The molecular formula is C18H19NO6. The Kier molecular flexibility index (Phi) is 4.65. The maximum atomic E-state index is 12.1. The van der Waals surface area contributed by atoms with E-state index in [4.69, 9.17) is 19.0 Å². The molecule has 1 aliphatic heterocycles. The molecule has 25 heavy (non-hydrogen) atoms. The summed E-state index contributed by atoms with van der Waals surface area (Å²) < 4.78 is 16.4. The van der Waals surface area contributed by atoms with E-state index in [9.17, 15) is 9.59 Å². The average molecular weight is 345 g/mol. The van der Waals surface area contributed by atoms with Gasteiger partial charge >= 0.3 is 5.97 Å². The first-order chi connectivity index (χ1) is 12.0. The van der Waals surface area contributed by atoms with Gasteiger partial charge in [-0.25, -0.2) is 4.79 Å². The van der Waals surface area contributed by atoms with Crippen LogP contribution in [-0.2, 0) is 13.0 Å². The van der Waals surface area contributed by atoms with E-state index < -0.39 is 11.9 Å². The number of carbonyl (C=O) groups is 2. The molecular weight excluding hydrogens is 326 g/mol. The number of furan rings is 1. The van der Waals surface area contributed by atoms with Gasteiger partial charge < -0.3 is 24.3 Å². The molecule has 7 heteroatoms. The first kappa shape index (κ1) is 16.9. The maximum absolute atomic E-state index is 12.1. The Morgan fingerprint density at radius 3 is 2.84 bits per heavy atom. The summed E-state index contributed by atoms with van der Waals surface area (Å²) in [7, 11) is 0. The van der Waals surface area contributed by atoms with Crippen LogP contribution in [0.3, 0.4) is 0 Å². The predicted octanol–water partition coefficient (Wildman–Crippen LogP) is 2.63. The summed E-state index contributed by atoms with van der Waals surface area (Å²) in [6.45, 7) is 4.61. The molecule has 1 atom stereocenters. The molecule has 1 unspecified atom stereocenters. The largest absolute Gasteiger partial charge is 0.494 e. The van der Waals surface area contributed by atoms with Crippen molar-refractivity contribution in [2.24, 2.45) is 0 Å². The Morgan fingerprint density at radius 1 is 1.36 bits per heavy atom. The van der Waals surface area contributed by atoms with Crippen LogP contribution in [0, 0.1) is 0 Å². The summed E-state index contributed by atoms with van der Waals surface area (Å²) in [6, 6.07) is 5.00. The Labute approximate surface area is 144 Å². The number of amides is 1. The summed E-state index contributed by atoms with van der Waals surface area (Å²) >= 11 is 0. The lowest BCUT2D eigenvalue weighted by molar-refractivity contribution is 0.0695. The zero-order chi connectivity index (χ0) is 18.0. The summed E-state index contributed by atoms with van der Waals surface area (Å²) in [4.78, 5) is 23.0. The van der Waals surface area contributed by atoms with Gasteiger partial charge in [0.1, 0.15) is 23.9 Å². The lowest BCUT2D eigenvalue weighted by Gasteiger charge is -2.13. The van der Waals surface area contributed by atoms with Crippen LogP contribution in [0.2, 0.25) is 0 Å². The fourth-order valence-electron chi connectivity index (χ4n) is 2.74. The normalized spacial score (nSPS) is 15.4. The molecule has 2 heterocycles. The quantitative estimate of drug-likeness (QED) is 0.835. The van der Waals surface area contributed by atoms with Gasteiger partial charge in [0.15, 0.2) is 5.76 Å². The topological polar surface area (TPSA) is 98.0 Å². The Morgan fingerprint density at radius 2 is 2.16 bits per heavy atom. The molecule has 0 saturated heterocycles. The number of ether oxygens (including phenoxy) is 2. The number of hydrogen-bond donors (Lipinski definition) is 2. The SMILES string of the molecule is CCOc1cc2c(cc1CNC(=O)c1cc(C(=O)O)co1)OC(C)C2. The molecule has 1 aliphatic rings. The van der Waals surface area contributed by atoms with Crippen molar-refractivity contribution in [3.05, 3.63) is 46.9 Å². The van der Waals surface area contributed by atoms with E-state index >= 15 is 0 Å². The molecule has 132 valence electrons. The van der Waals surface area contributed by atoms with Crippen molar-refractivity contribution in [3.8, 4) is 11.5 Å². The van der Waals surface area contributed by atoms with E-state index in [2.05, 4.69) is 5.32 Å². The van der Waals surface area contributed by atoms with Crippen LogP contribution < -0.4 is 14.8 Å². The zero-order valence-corrected chi connectivity index (χ0v) is 14.0. The highest BCUT2D eigenvalue weighted by Crippen LogP contribution is 2.35. The van der Waals surface area contributed by atoms with Crippen LogP contribution in [0.5, 0.6) is 11.5 Å². The third kappa shape index (κ3) is 3.60. The van der Waals surface area contributed by atoms with Gasteiger partial charge in [-0.05, 0) is 26.0 Å². The molecule has 2 aromatic rings. The van der Waals surface area contributed by atoms with Crippen LogP contribution in [-0.4, -0.2) is 29.7 Å². The Balaban J connectivity index is 1.74. The van der Waals surface area contributed by atoms with Gasteiger partial charge in [-0.3, -0.25) is 4.79 Å². The molecule has 0 fully saturated rings. The van der Waals surface area contributed by atoms with E-state index in [0.29, 0.717) is 12.4 Å². The van der Waals surface area contributed by atoms with E-state index in [1.165, 1.54) is 6.07 Å². The number of aromatic carboxylic acids is 1. The summed E-state index contributed by atoms with van der Waals surface area (Å²) in [5.74, 6) is -0.200. The van der Waals surface area contributed by atoms with Gasteiger partial charge in [0, 0.05) is 30.2 Å². The van der Waals surface area contributed by atoms with Crippen molar-refractivity contribution >= 4 is 11.9 Å². The molecule has 0 aliphatic carbocycles. The van der Waals surface area contributed by atoms with Crippen molar-refractivity contribution in [1.29, 1.82) is 0 Å². The van der Waals surface area contributed by atoms with Crippen LogP contribution in [0.1, 0.15) is 45.9 Å². The van der Waals surface area contributed by atoms with E-state index in [1.54, 1.807) is 0 Å². The molecule has 1 aromatic carbocycles. The number of hydrogen-bond acceptors (Lipinski definition) is 5. The molecule has 3 rings (SSSR count). The first-order valence-corrected chi connectivity index (χ1v) is 8.03. The number of fused-ring (bicyclic) bond motifs is 1. The molecule has 1 aromatic heterocycles. The molecule has 0 bridgehead atoms. The molecule has 0 radical (unpaired) electrons. The van der Waals surface area contributed by atoms with Crippen molar-refractivity contribution < 1.29 is 28.6 Å². The third-order valence-electron chi connectivity index (χ3n) is 3.89. The summed E-state index contributed by atoms with van der Waals surface area (Å²) in [6.07, 6.45) is 1.98. The number of carboxylic acids is 1. The van der Waals surface area contributed by atoms with Gasteiger partial charge in [-0.1, -0.05) is 0 Å². The van der Waals surface area contributed by atoms with Gasteiger partial charge in [0.2, 0.25) is 0 Å². The van der Waals surface area contributed by atoms with Crippen molar-refractivity contribution in [2.75, 3.05) is 6.61 Å². The van der Waals surface area contributed by atoms with Gasteiger partial charge in [0.05, 0.1) is 12.2 Å². The first-order valence-electron chi connectivity index (χ1n) is 8.03. The second-order valence-electron chi connectivity index (χ2n) is 5.82. The summed E-state index contributed by atoms with van der Waals surface area (Å²) in [5, 5.41) is 11.6.